The number of aliphatic hydroxyl groups excluding tert-OH is 1. The van der Waals surface area contributed by atoms with Gasteiger partial charge in [0.15, 0.2) is 0 Å². The molecule has 0 aliphatic rings. The second-order valence-corrected chi connectivity index (χ2v) is 4.92. The van der Waals surface area contributed by atoms with Gasteiger partial charge in [0.05, 0.1) is 13.2 Å². The number of benzene rings is 1. The highest BCUT2D eigenvalue weighted by Gasteiger charge is 2.12. The zero-order valence-electron chi connectivity index (χ0n) is 13.1. The van der Waals surface area contributed by atoms with Crippen LogP contribution >= 0.6 is 0 Å². The van der Waals surface area contributed by atoms with E-state index in [0.29, 0.717) is 24.5 Å². The summed E-state index contributed by atoms with van der Waals surface area (Å²) < 4.78 is 5.43. The van der Waals surface area contributed by atoms with Gasteiger partial charge >= 0.3 is 0 Å². The molecule has 21 heavy (non-hydrogen) atoms. The number of aliphatic hydroxyl groups is 1. The van der Waals surface area contributed by atoms with Gasteiger partial charge in [-0.05, 0) is 38.5 Å². The van der Waals surface area contributed by atoms with Crippen LogP contribution in [0.4, 0.5) is 5.69 Å². The SMILES string of the molecule is CCCCNC(=O)C(C)Nc1ccc(OCC)c(CO)c1. The fraction of sp³-hybridized carbons (Fsp3) is 0.562. The number of carbonyl (C=O) groups is 1. The van der Waals surface area contributed by atoms with E-state index in [4.69, 9.17) is 4.74 Å². The molecule has 0 aliphatic carbocycles. The summed E-state index contributed by atoms with van der Waals surface area (Å²) in [6.07, 6.45) is 2.04. The number of nitrogens with one attached hydrogen (secondary N) is 2. The van der Waals surface area contributed by atoms with Crippen molar-refractivity contribution in [2.45, 2.75) is 46.3 Å². The molecule has 0 saturated carbocycles. The molecule has 0 fully saturated rings. The monoisotopic (exact) mass is 294 g/mol. The summed E-state index contributed by atoms with van der Waals surface area (Å²) in [6, 6.07) is 5.13. The Bertz CT molecular complexity index is 449. The Balaban J connectivity index is 2.63. The van der Waals surface area contributed by atoms with Crippen molar-refractivity contribution in [2.24, 2.45) is 0 Å². The molecule has 1 atom stereocenters. The number of ether oxygens (including phenoxy) is 1. The van der Waals surface area contributed by atoms with Crippen LogP contribution in [-0.4, -0.2) is 30.2 Å². The van der Waals surface area contributed by atoms with Gasteiger partial charge in [0.1, 0.15) is 11.8 Å². The number of amides is 1. The number of carbonyl (C=O) groups excluding carboxylic acids is 1. The average Bonchev–Trinajstić information content (AvgIpc) is 2.49. The Kier molecular flexibility index (Phi) is 7.61. The van der Waals surface area contributed by atoms with Crippen molar-refractivity contribution in [3.05, 3.63) is 23.8 Å². The lowest BCUT2D eigenvalue weighted by molar-refractivity contribution is -0.121. The topological polar surface area (TPSA) is 70.6 Å². The van der Waals surface area contributed by atoms with Gasteiger partial charge in [-0.3, -0.25) is 4.79 Å². The summed E-state index contributed by atoms with van der Waals surface area (Å²) in [6.45, 7) is 6.96. The van der Waals surface area contributed by atoms with Crippen molar-refractivity contribution in [3.63, 3.8) is 0 Å². The van der Waals surface area contributed by atoms with E-state index >= 15 is 0 Å². The highest BCUT2D eigenvalue weighted by atomic mass is 16.5. The lowest BCUT2D eigenvalue weighted by Gasteiger charge is -2.17. The molecule has 1 amide bonds. The maximum absolute atomic E-state index is 11.9. The van der Waals surface area contributed by atoms with E-state index in [-0.39, 0.29) is 18.6 Å². The predicted octanol–water partition coefficient (Wildman–Crippen LogP) is 2.29. The van der Waals surface area contributed by atoms with Crippen molar-refractivity contribution in [3.8, 4) is 5.75 Å². The van der Waals surface area contributed by atoms with E-state index in [9.17, 15) is 9.90 Å². The Hall–Kier alpha value is -1.75. The minimum absolute atomic E-state index is 0.0251. The zero-order valence-corrected chi connectivity index (χ0v) is 13.1. The lowest BCUT2D eigenvalue weighted by Crippen LogP contribution is -2.38. The van der Waals surface area contributed by atoms with E-state index in [2.05, 4.69) is 17.6 Å². The first-order valence-corrected chi connectivity index (χ1v) is 7.53. The van der Waals surface area contributed by atoms with Crippen LogP contribution in [0.25, 0.3) is 0 Å². The molecular formula is C16H26N2O3. The van der Waals surface area contributed by atoms with Crippen LogP contribution in [0.5, 0.6) is 5.75 Å². The molecule has 0 heterocycles. The first-order chi connectivity index (χ1) is 10.1. The van der Waals surface area contributed by atoms with Crippen LogP contribution in [0.3, 0.4) is 0 Å². The molecule has 0 radical (unpaired) electrons. The van der Waals surface area contributed by atoms with Crippen molar-refractivity contribution in [1.82, 2.24) is 5.32 Å². The lowest BCUT2D eigenvalue weighted by atomic mass is 10.1. The molecule has 3 N–H and O–H groups in total. The fourth-order valence-corrected chi connectivity index (χ4v) is 1.95. The average molecular weight is 294 g/mol. The van der Waals surface area contributed by atoms with Crippen LogP contribution < -0.4 is 15.4 Å². The second kappa shape index (κ2) is 9.23. The normalized spacial score (nSPS) is 11.8. The largest absolute Gasteiger partial charge is 0.494 e. The second-order valence-electron chi connectivity index (χ2n) is 4.92. The van der Waals surface area contributed by atoms with Crippen molar-refractivity contribution >= 4 is 11.6 Å². The molecule has 1 aromatic carbocycles. The molecule has 1 unspecified atom stereocenters. The Morgan fingerprint density at radius 3 is 2.76 bits per heavy atom. The predicted molar refractivity (Wildman–Crippen MR) is 84.5 cm³/mol. The highest BCUT2D eigenvalue weighted by molar-refractivity contribution is 5.84. The van der Waals surface area contributed by atoms with Gasteiger partial charge in [-0.2, -0.15) is 0 Å². The summed E-state index contributed by atoms with van der Waals surface area (Å²) in [5, 5.41) is 15.4. The minimum atomic E-state index is -0.327. The number of rotatable bonds is 9. The van der Waals surface area contributed by atoms with E-state index < -0.39 is 0 Å². The maximum Gasteiger partial charge on any atom is 0.242 e. The molecular weight excluding hydrogens is 268 g/mol. The number of anilines is 1. The van der Waals surface area contributed by atoms with Crippen molar-refractivity contribution < 1.29 is 14.6 Å². The summed E-state index contributed by atoms with van der Waals surface area (Å²) in [4.78, 5) is 11.9. The van der Waals surface area contributed by atoms with E-state index in [1.807, 2.05) is 19.9 Å². The molecule has 0 bridgehead atoms. The van der Waals surface area contributed by atoms with Gasteiger partial charge in [-0.1, -0.05) is 13.3 Å². The van der Waals surface area contributed by atoms with Crippen molar-refractivity contribution in [2.75, 3.05) is 18.5 Å². The Morgan fingerprint density at radius 2 is 2.14 bits per heavy atom. The van der Waals surface area contributed by atoms with Crippen LogP contribution in [0.2, 0.25) is 0 Å². The summed E-state index contributed by atoms with van der Waals surface area (Å²) in [7, 11) is 0. The van der Waals surface area contributed by atoms with Crippen LogP contribution in [0.15, 0.2) is 18.2 Å². The van der Waals surface area contributed by atoms with Crippen molar-refractivity contribution in [1.29, 1.82) is 0 Å². The summed E-state index contributed by atoms with van der Waals surface area (Å²) >= 11 is 0. The fourth-order valence-electron chi connectivity index (χ4n) is 1.95. The molecule has 0 aromatic heterocycles. The third kappa shape index (κ3) is 5.63. The first kappa shape index (κ1) is 17.3. The van der Waals surface area contributed by atoms with Crippen LogP contribution in [0, 0.1) is 0 Å². The zero-order chi connectivity index (χ0) is 15.7. The van der Waals surface area contributed by atoms with Gasteiger partial charge in [-0.15, -0.1) is 0 Å². The third-order valence-corrected chi connectivity index (χ3v) is 3.14. The van der Waals surface area contributed by atoms with Gasteiger partial charge in [-0.25, -0.2) is 0 Å². The molecule has 0 saturated heterocycles. The van der Waals surface area contributed by atoms with Gasteiger partial charge < -0.3 is 20.5 Å². The van der Waals surface area contributed by atoms with Gasteiger partial charge in [0.25, 0.3) is 0 Å². The Morgan fingerprint density at radius 1 is 1.38 bits per heavy atom. The first-order valence-electron chi connectivity index (χ1n) is 7.53. The molecule has 0 aliphatic heterocycles. The summed E-state index contributed by atoms with van der Waals surface area (Å²) in [5.74, 6) is 0.647. The number of hydrogen-bond donors (Lipinski definition) is 3. The molecule has 1 rings (SSSR count). The molecule has 5 heteroatoms. The van der Waals surface area contributed by atoms with Crippen LogP contribution in [-0.2, 0) is 11.4 Å². The standard InChI is InChI=1S/C16H26N2O3/c1-4-6-9-17-16(20)12(3)18-14-7-8-15(21-5-2)13(10-14)11-19/h7-8,10,12,18-19H,4-6,9,11H2,1-3H3,(H,17,20). The summed E-state index contributed by atoms with van der Waals surface area (Å²) in [5.41, 5.74) is 1.50. The smallest absolute Gasteiger partial charge is 0.242 e. The van der Waals surface area contributed by atoms with Gasteiger partial charge in [0.2, 0.25) is 5.91 Å². The highest BCUT2D eigenvalue weighted by Crippen LogP contribution is 2.23. The molecule has 5 nitrogen and oxygen atoms in total. The Labute approximate surface area is 126 Å². The van der Waals surface area contributed by atoms with Gasteiger partial charge in [0, 0.05) is 17.8 Å². The van der Waals surface area contributed by atoms with E-state index in [0.717, 1.165) is 18.5 Å². The van der Waals surface area contributed by atoms with E-state index in [1.54, 1.807) is 12.1 Å². The number of unbranched alkanes of at least 4 members (excludes halogenated alkanes) is 1. The maximum atomic E-state index is 11.9. The minimum Gasteiger partial charge on any atom is -0.494 e. The molecule has 1 aromatic rings. The van der Waals surface area contributed by atoms with E-state index in [1.165, 1.54) is 0 Å². The van der Waals surface area contributed by atoms with Crippen LogP contribution in [0.1, 0.15) is 39.2 Å². The molecule has 0 spiro atoms. The quantitative estimate of drug-likeness (QED) is 0.611. The third-order valence-electron chi connectivity index (χ3n) is 3.14. The molecule has 118 valence electrons. The number of hydrogen-bond acceptors (Lipinski definition) is 4.